The van der Waals surface area contributed by atoms with Gasteiger partial charge in [-0.05, 0) is 42.0 Å². The lowest BCUT2D eigenvalue weighted by Crippen LogP contribution is -2.29. The molecule has 1 heterocycles. The molecule has 0 amide bonds. The molecule has 0 aliphatic rings. The van der Waals surface area contributed by atoms with E-state index in [2.05, 4.69) is 4.98 Å². The highest BCUT2D eigenvalue weighted by Gasteiger charge is 2.32. The van der Waals surface area contributed by atoms with Crippen molar-refractivity contribution in [2.75, 3.05) is 10.6 Å². The minimum Gasteiger partial charge on any atom is -0.457 e. The van der Waals surface area contributed by atoms with Crippen LogP contribution in [-0.2, 0) is 34.1 Å². The van der Waals surface area contributed by atoms with E-state index in [-0.39, 0.29) is 40.0 Å². The number of aromatic nitrogens is 1. The SMILES string of the molecule is CS(=O)(=O)N(Cc1cccc(Cl)c1Cl)c1ccc(C(=O)OCc2ccc(C(F)(F)F)nc2)cc1. The van der Waals surface area contributed by atoms with Gasteiger partial charge in [-0.2, -0.15) is 13.2 Å². The Balaban J connectivity index is 1.71. The predicted molar refractivity (Wildman–Crippen MR) is 122 cm³/mol. The van der Waals surface area contributed by atoms with Crippen molar-refractivity contribution in [3.05, 3.63) is 93.2 Å². The summed E-state index contributed by atoms with van der Waals surface area (Å²) in [6.07, 6.45) is -2.55. The summed E-state index contributed by atoms with van der Waals surface area (Å²) in [5.74, 6) is -0.741. The molecule has 0 unspecified atom stereocenters. The number of rotatable bonds is 7. The topological polar surface area (TPSA) is 76.6 Å². The summed E-state index contributed by atoms with van der Waals surface area (Å²) >= 11 is 12.2. The van der Waals surface area contributed by atoms with Gasteiger partial charge in [0.25, 0.3) is 0 Å². The van der Waals surface area contributed by atoms with E-state index in [1.165, 1.54) is 24.3 Å². The molecule has 0 aliphatic carbocycles. The Morgan fingerprint density at radius 2 is 1.74 bits per heavy atom. The van der Waals surface area contributed by atoms with E-state index in [0.29, 0.717) is 5.56 Å². The fourth-order valence-electron chi connectivity index (χ4n) is 2.90. The molecule has 3 aromatic rings. The normalized spacial score (nSPS) is 11.8. The summed E-state index contributed by atoms with van der Waals surface area (Å²) in [5, 5.41) is 0.518. The van der Waals surface area contributed by atoms with Crippen LogP contribution in [0.25, 0.3) is 0 Å². The average molecular weight is 533 g/mol. The Hall–Kier alpha value is -2.82. The number of carbonyl (C=O) groups excluding carboxylic acids is 1. The van der Waals surface area contributed by atoms with Gasteiger partial charge in [0.2, 0.25) is 10.0 Å². The minimum atomic E-state index is -4.56. The molecule has 1 aromatic heterocycles. The highest BCUT2D eigenvalue weighted by atomic mass is 35.5. The number of anilines is 1. The number of pyridine rings is 1. The first-order valence-electron chi connectivity index (χ1n) is 9.56. The second kappa shape index (κ2) is 10.2. The predicted octanol–water partition coefficient (Wildman–Crippen LogP) is 5.73. The van der Waals surface area contributed by atoms with Gasteiger partial charge >= 0.3 is 12.1 Å². The summed E-state index contributed by atoms with van der Waals surface area (Å²) in [5.41, 5.74) is 0.125. The van der Waals surface area contributed by atoms with Crippen molar-refractivity contribution in [3.8, 4) is 0 Å². The summed E-state index contributed by atoms with van der Waals surface area (Å²) in [6.45, 7) is -0.364. The molecular formula is C22H17Cl2F3N2O4S. The third-order valence-corrected chi connectivity index (χ3v) is 6.62. The number of hydrogen-bond acceptors (Lipinski definition) is 5. The maximum Gasteiger partial charge on any atom is 0.433 e. The van der Waals surface area contributed by atoms with Gasteiger partial charge in [0, 0.05) is 11.8 Å². The molecular weight excluding hydrogens is 516 g/mol. The number of sulfonamides is 1. The second-order valence-corrected chi connectivity index (χ2v) is 9.85. The summed E-state index contributed by atoms with van der Waals surface area (Å²) < 4.78 is 68.7. The van der Waals surface area contributed by atoms with E-state index in [0.717, 1.165) is 28.9 Å². The first kappa shape index (κ1) is 25.8. The molecule has 6 nitrogen and oxygen atoms in total. The van der Waals surface area contributed by atoms with Crippen LogP contribution in [0.1, 0.15) is 27.2 Å². The van der Waals surface area contributed by atoms with Crippen molar-refractivity contribution in [1.29, 1.82) is 0 Å². The highest BCUT2D eigenvalue weighted by molar-refractivity contribution is 7.92. The first-order valence-corrected chi connectivity index (χ1v) is 12.2. The van der Waals surface area contributed by atoms with E-state index in [1.54, 1.807) is 18.2 Å². The number of esters is 1. The van der Waals surface area contributed by atoms with Gasteiger partial charge in [-0.3, -0.25) is 9.29 Å². The molecule has 0 N–H and O–H groups in total. The third kappa shape index (κ3) is 6.40. The lowest BCUT2D eigenvalue weighted by molar-refractivity contribution is -0.141. The molecule has 0 saturated heterocycles. The number of benzene rings is 2. The largest absolute Gasteiger partial charge is 0.457 e. The zero-order chi connectivity index (χ0) is 25.1. The van der Waals surface area contributed by atoms with Crippen molar-refractivity contribution in [2.24, 2.45) is 0 Å². The Bertz CT molecular complexity index is 1280. The van der Waals surface area contributed by atoms with Crippen molar-refractivity contribution in [3.63, 3.8) is 0 Å². The summed E-state index contributed by atoms with van der Waals surface area (Å²) in [4.78, 5) is 15.6. The zero-order valence-electron chi connectivity index (χ0n) is 17.5. The van der Waals surface area contributed by atoms with Crippen LogP contribution in [0.4, 0.5) is 18.9 Å². The van der Waals surface area contributed by atoms with Crippen LogP contribution >= 0.6 is 23.2 Å². The van der Waals surface area contributed by atoms with Crippen LogP contribution in [0.5, 0.6) is 0 Å². The Morgan fingerprint density at radius 1 is 1.06 bits per heavy atom. The highest BCUT2D eigenvalue weighted by Crippen LogP contribution is 2.30. The minimum absolute atomic E-state index is 0.0804. The van der Waals surface area contributed by atoms with Crippen molar-refractivity contribution >= 4 is 44.9 Å². The summed E-state index contributed by atoms with van der Waals surface area (Å²) in [7, 11) is -3.71. The van der Waals surface area contributed by atoms with Crippen molar-refractivity contribution in [1.82, 2.24) is 4.98 Å². The molecule has 0 radical (unpaired) electrons. The zero-order valence-corrected chi connectivity index (χ0v) is 19.8. The Morgan fingerprint density at radius 3 is 2.29 bits per heavy atom. The van der Waals surface area contributed by atoms with Crippen LogP contribution < -0.4 is 4.31 Å². The van der Waals surface area contributed by atoms with Gasteiger partial charge in [0.1, 0.15) is 12.3 Å². The van der Waals surface area contributed by atoms with Crippen LogP contribution in [0.3, 0.4) is 0 Å². The Kier molecular flexibility index (Phi) is 7.74. The van der Waals surface area contributed by atoms with E-state index < -0.39 is 27.9 Å². The maximum absolute atomic E-state index is 12.6. The van der Waals surface area contributed by atoms with Gasteiger partial charge in [-0.25, -0.2) is 13.2 Å². The molecule has 3 rings (SSSR count). The molecule has 0 bridgehead atoms. The molecule has 0 atom stereocenters. The van der Waals surface area contributed by atoms with Crippen LogP contribution in [0.15, 0.2) is 60.8 Å². The van der Waals surface area contributed by atoms with Crippen LogP contribution in [0.2, 0.25) is 10.0 Å². The average Bonchev–Trinajstić information content (AvgIpc) is 2.77. The lowest BCUT2D eigenvalue weighted by Gasteiger charge is -2.23. The molecule has 0 aliphatic heterocycles. The first-order chi connectivity index (χ1) is 15.9. The molecule has 34 heavy (non-hydrogen) atoms. The molecule has 180 valence electrons. The standard InChI is InChI=1S/C22H17Cl2F3N2O4S/c1-34(31,32)29(12-16-3-2-4-18(23)20(16)24)17-8-6-15(7-9-17)21(30)33-13-14-5-10-19(28-11-14)22(25,26)27/h2-11H,12-13H2,1H3. The third-order valence-electron chi connectivity index (χ3n) is 4.62. The smallest absolute Gasteiger partial charge is 0.433 e. The molecule has 0 saturated carbocycles. The maximum atomic E-state index is 12.6. The van der Waals surface area contributed by atoms with E-state index >= 15 is 0 Å². The molecule has 12 heteroatoms. The van der Waals surface area contributed by atoms with Crippen molar-refractivity contribution < 1.29 is 31.1 Å². The summed E-state index contributed by atoms with van der Waals surface area (Å²) in [6, 6.07) is 12.4. The second-order valence-electron chi connectivity index (χ2n) is 7.16. The van der Waals surface area contributed by atoms with Crippen LogP contribution in [-0.4, -0.2) is 25.6 Å². The molecule has 0 spiro atoms. The van der Waals surface area contributed by atoms with Gasteiger partial charge in [0.15, 0.2) is 0 Å². The van der Waals surface area contributed by atoms with Gasteiger partial charge in [0.05, 0.1) is 34.1 Å². The monoisotopic (exact) mass is 532 g/mol. The number of hydrogen-bond donors (Lipinski definition) is 0. The number of ether oxygens (including phenoxy) is 1. The fraction of sp³-hybridized carbons (Fsp3) is 0.182. The number of carbonyl (C=O) groups is 1. The quantitative estimate of drug-likeness (QED) is 0.363. The van der Waals surface area contributed by atoms with Crippen molar-refractivity contribution in [2.45, 2.75) is 19.3 Å². The molecule has 0 fully saturated rings. The van der Waals surface area contributed by atoms with E-state index in [1.807, 2.05) is 0 Å². The number of alkyl halides is 3. The van der Waals surface area contributed by atoms with E-state index in [9.17, 15) is 26.4 Å². The number of halogens is 5. The van der Waals surface area contributed by atoms with Crippen LogP contribution in [0, 0.1) is 0 Å². The fourth-order valence-corrected chi connectivity index (χ4v) is 4.16. The number of nitrogens with zero attached hydrogens (tertiary/aromatic N) is 2. The molecule has 2 aromatic carbocycles. The Labute approximate surface area is 203 Å². The lowest BCUT2D eigenvalue weighted by atomic mass is 10.2. The van der Waals surface area contributed by atoms with Gasteiger partial charge in [-0.15, -0.1) is 0 Å². The van der Waals surface area contributed by atoms with Gasteiger partial charge in [-0.1, -0.05) is 41.4 Å². The van der Waals surface area contributed by atoms with E-state index in [4.69, 9.17) is 27.9 Å². The van der Waals surface area contributed by atoms with Gasteiger partial charge < -0.3 is 4.74 Å².